The first-order valence-corrected chi connectivity index (χ1v) is 7.07. The molecule has 4 nitrogen and oxygen atoms in total. The highest BCUT2D eigenvalue weighted by atomic mass is 35.5. The van der Waals surface area contributed by atoms with E-state index in [2.05, 4.69) is 10.3 Å². The number of nitrogens with one attached hydrogen (secondary N) is 2. The van der Waals surface area contributed by atoms with Crippen LogP contribution in [0.5, 0.6) is 0 Å². The zero-order valence-corrected chi connectivity index (χ0v) is 12.1. The predicted octanol–water partition coefficient (Wildman–Crippen LogP) is 3.07. The van der Waals surface area contributed by atoms with Gasteiger partial charge in [0, 0.05) is 25.3 Å². The van der Waals surface area contributed by atoms with E-state index in [-0.39, 0.29) is 11.1 Å². The smallest absolute Gasteiger partial charge is 0.274 e. The zero-order chi connectivity index (χ0) is 14.1. The molecule has 0 spiro atoms. The Bertz CT molecular complexity index is 634. The Balaban J connectivity index is 1.99. The molecule has 0 fully saturated rings. The number of hydrogen-bond donors (Lipinski definition) is 2. The first-order chi connectivity index (χ1) is 9.66. The molecule has 20 heavy (non-hydrogen) atoms. The molecule has 6 heteroatoms. The van der Waals surface area contributed by atoms with Crippen molar-refractivity contribution in [1.29, 1.82) is 0 Å². The van der Waals surface area contributed by atoms with Crippen LogP contribution in [0.1, 0.15) is 16.1 Å². The fraction of sp³-hybridized carbons (Fsp3) is 0.214. The molecule has 1 aliphatic rings. The number of aromatic nitrogens is 1. The van der Waals surface area contributed by atoms with E-state index in [4.69, 9.17) is 23.2 Å². The first-order valence-electron chi connectivity index (χ1n) is 6.31. The minimum Gasteiger partial charge on any atom is -0.340 e. The van der Waals surface area contributed by atoms with Crippen LogP contribution in [0.3, 0.4) is 0 Å². The maximum absolute atomic E-state index is 12.6. The lowest BCUT2D eigenvalue weighted by Crippen LogP contribution is -2.34. The number of nitrogens with zero attached hydrogens (tertiary/aromatic N) is 1. The molecule has 0 aliphatic carbocycles. The highest BCUT2D eigenvalue weighted by Gasteiger charge is 2.23. The number of aromatic amines is 1. The number of H-pyrrole nitrogens is 1. The van der Waals surface area contributed by atoms with E-state index >= 15 is 0 Å². The van der Waals surface area contributed by atoms with Gasteiger partial charge in [0.1, 0.15) is 10.8 Å². The van der Waals surface area contributed by atoms with Crippen LogP contribution in [0.15, 0.2) is 30.3 Å². The van der Waals surface area contributed by atoms with Crippen molar-refractivity contribution in [2.24, 2.45) is 0 Å². The van der Waals surface area contributed by atoms with E-state index in [0.717, 1.165) is 24.3 Å². The third-order valence-electron chi connectivity index (χ3n) is 3.31. The Morgan fingerprint density at radius 2 is 2.05 bits per heavy atom. The fourth-order valence-corrected chi connectivity index (χ4v) is 2.65. The second-order valence-corrected chi connectivity index (χ2v) is 5.39. The summed E-state index contributed by atoms with van der Waals surface area (Å²) in [7, 11) is 0. The molecule has 104 valence electrons. The molecule has 1 aromatic heterocycles. The molecular weight excluding hydrogens is 297 g/mol. The average molecular weight is 310 g/mol. The van der Waals surface area contributed by atoms with Crippen LogP contribution < -0.4 is 10.2 Å². The van der Waals surface area contributed by atoms with E-state index in [0.29, 0.717) is 17.3 Å². The topological polar surface area (TPSA) is 48.1 Å². The van der Waals surface area contributed by atoms with Crippen LogP contribution in [0.4, 0.5) is 5.69 Å². The number of benzene rings is 1. The van der Waals surface area contributed by atoms with Crippen molar-refractivity contribution < 1.29 is 4.79 Å². The molecule has 1 aliphatic heterocycles. The molecule has 2 N–H and O–H groups in total. The van der Waals surface area contributed by atoms with Crippen molar-refractivity contribution in [2.75, 3.05) is 18.0 Å². The van der Waals surface area contributed by atoms with Crippen molar-refractivity contribution in [3.05, 3.63) is 51.8 Å². The van der Waals surface area contributed by atoms with Gasteiger partial charge in [-0.2, -0.15) is 0 Å². The van der Waals surface area contributed by atoms with E-state index in [1.54, 1.807) is 11.0 Å². The molecule has 1 amide bonds. The van der Waals surface area contributed by atoms with Gasteiger partial charge in [0.25, 0.3) is 5.91 Å². The number of fused-ring (bicyclic) bond motifs is 1. The van der Waals surface area contributed by atoms with Gasteiger partial charge in [-0.15, -0.1) is 0 Å². The van der Waals surface area contributed by atoms with E-state index in [1.807, 2.05) is 24.3 Å². The predicted molar refractivity (Wildman–Crippen MR) is 80.6 cm³/mol. The Labute approximate surface area is 126 Å². The van der Waals surface area contributed by atoms with Crippen LogP contribution in [-0.2, 0) is 6.54 Å². The average Bonchev–Trinajstić information content (AvgIpc) is 2.68. The number of para-hydroxylation sites is 1. The maximum Gasteiger partial charge on any atom is 0.274 e. The number of carbonyl (C=O) groups excluding carboxylic acids is 1. The minimum atomic E-state index is -0.130. The van der Waals surface area contributed by atoms with E-state index in [9.17, 15) is 4.79 Å². The summed E-state index contributed by atoms with van der Waals surface area (Å²) < 4.78 is 0. The molecule has 3 rings (SSSR count). The van der Waals surface area contributed by atoms with Gasteiger partial charge in [-0.05, 0) is 17.7 Å². The maximum atomic E-state index is 12.6. The van der Waals surface area contributed by atoms with Crippen LogP contribution in [-0.4, -0.2) is 24.0 Å². The number of halogens is 2. The second kappa shape index (κ2) is 5.48. The van der Waals surface area contributed by atoms with Gasteiger partial charge in [-0.25, -0.2) is 0 Å². The SMILES string of the molecule is O=C(c1cc(Cl)c(Cl)[nH]1)N1CCNCc2ccccc21. The first kappa shape index (κ1) is 13.5. The van der Waals surface area contributed by atoms with Crippen molar-refractivity contribution in [3.8, 4) is 0 Å². The molecule has 2 aromatic rings. The summed E-state index contributed by atoms with van der Waals surface area (Å²) in [6.45, 7) is 2.10. The van der Waals surface area contributed by atoms with Gasteiger partial charge in [0.15, 0.2) is 0 Å². The third-order valence-corrected chi connectivity index (χ3v) is 4.00. The molecule has 0 bridgehead atoms. The van der Waals surface area contributed by atoms with Crippen LogP contribution in [0.2, 0.25) is 10.2 Å². The summed E-state index contributed by atoms with van der Waals surface area (Å²) in [5, 5.41) is 3.95. The van der Waals surface area contributed by atoms with Crippen LogP contribution in [0, 0.1) is 0 Å². The molecule has 1 aromatic carbocycles. The standard InChI is InChI=1S/C14H13Cl2N3O/c15-10-7-11(18-13(10)16)14(20)19-6-5-17-8-9-3-1-2-4-12(9)19/h1-4,7,17-18H,5-6,8H2. The highest BCUT2D eigenvalue weighted by Crippen LogP contribution is 2.26. The van der Waals surface area contributed by atoms with Crippen molar-refractivity contribution in [1.82, 2.24) is 10.3 Å². The Morgan fingerprint density at radius 3 is 2.80 bits per heavy atom. The lowest BCUT2D eigenvalue weighted by molar-refractivity contribution is 0.0983. The van der Waals surface area contributed by atoms with Gasteiger partial charge >= 0.3 is 0 Å². The summed E-state index contributed by atoms with van der Waals surface area (Å²) in [5.74, 6) is -0.130. The number of rotatable bonds is 1. The lowest BCUT2D eigenvalue weighted by atomic mass is 10.1. The number of amides is 1. The van der Waals surface area contributed by atoms with Crippen LogP contribution >= 0.6 is 23.2 Å². The Kier molecular flexibility index (Phi) is 3.70. The summed E-state index contributed by atoms with van der Waals surface area (Å²) >= 11 is 11.8. The molecule has 0 saturated heterocycles. The van der Waals surface area contributed by atoms with Gasteiger partial charge in [-0.3, -0.25) is 4.79 Å². The quantitative estimate of drug-likeness (QED) is 0.850. The number of hydrogen-bond acceptors (Lipinski definition) is 2. The van der Waals surface area contributed by atoms with Crippen molar-refractivity contribution in [3.63, 3.8) is 0 Å². The molecule has 0 saturated carbocycles. The summed E-state index contributed by atoms with van der Waals surface area (Å²) in [4.78, 5) is 17.2. The largest absolute Gasteiger partial charge is 0.340 e. The summed E-state index contributed by atoms with van der Waals surface area (Å²) in [6, 6.07) is 9.43. The third kappa shape index (κ3) is 2.42. The van der Waals surface area contributed by atoms with Gasteiger partial charge in [0.2, 0.25) is 0 Å². The van der Waals surface area contributed by atoms with Crippen molar-refractivity contribution >= 4 is 34.8 Å². The Morgan fingerprint density at radius 1 is 1.25 bits per heavy atom. The van der Waals surface area contributed by atoms with Gasteiger partial charge < -0.3 is 15.2 Å². The van der Waals surface area contributed by atoms with Gasteiger partial charge in [0.05, 0.1) is 5.02 Å². The fourth-order valence-electron chi connectivity index (χ4n) is 2.33. The summed E-state index contributed by atoms with van der Waals surface area (Å²) in [6.07, 6.45) is 0. The molecule has 0 radical (unpaired) electrons. The monoisotopic (exact) mass is 309 g/mol. The number of anilines is 1. The second-order valence-electron chi connectivity index (χ2n) is 4.61. The number of carbonyl (C=O) groups is 1. The molecule has 0 unspecified atom stereocenters. The normalized spacial score (nSPS) is 14.8. The van der Waals surface area contributed by atoms with E-state index < -0.39 is 0 Å². The minimum absolute atomic E-state index is 0.130. The van der Waals surface area contributed by atoms with Crippen molar-refractivity contribution in [2.45, 2.75) is 6.54 Å². The Hall–Kier alpha value is -1.49. The molecule has 0 atom stereocenters. The highest BCUT2D eigenvalue weighted by molar-refractivity contribution is 6.41. The molecule has 2 heterocycles. The summed E-state index contributed by atoms with van der Waals surface area (Å²) in [5.41, 5.74) is 2.42. The van der Waals surface area contributed by atoms with Crippen LogP contribution in [0.25, 0.3) is 0 Å². The molecular formula is C14H13Cl2N3O. The van der Waals surface area contributed by atoms with E-state index in [1.165, 1.54) is 0 Å². The zero-order valence-electron chi connectivity index (χ0n) is 10.6. The van der Waals surface area contributed by atoms with Gasteiger partial charge in [-0.1, -0.05) is 41.4 Å². The lowest BCUT2D eigenvalue weighted by Gasteiger charge is -2.21.